The Morgan fingerprint density at radius 2 is 1.85 bits per heavy atom. The Hall–Kier alpha value is -2.67. The van der Waals surface area contributed by atoms with Crippen molar-refractivity contribution >= 4 is 27.5 Å². The molecule has 0 saturated carbocycles. The van der Waals surface area contributed by atoms with Gasteiger partial charge < -0.3 is 4.90 Å². The van der Waals surface area contributed by atoms with Crippen molar-refractivity contribution in [3.63, 3.8) is 0 Å². The zero-order valence-corrected chi connectivity index (χ0v) is 16.2. The fourth-order valence-corrected chi connectivity index (χ4v) is 4.53. The molecule has 3 aromatic rings. The van der Waals surface area contributed by atoms with Crippen LogP contribution in [-0.4, -0.2) is 33.0 Å². The minimum absolute atomic E-state index is 0.0444. The van der Waals surface area contributed by atoms with E-state index >= 15 is 0 Å². The van der Waals surface area contributed by atoms with Crippen LogP contribution in [0, 0.1) is 13.8 Å². The Bertz CT molecular complexity index is 1150. The summed E-state index contributed by atoms with van der Waals surface area (Å²) in [6, 6.07) is 7.36. The third-order valence-corrected chi connectivity index (χ3v) is 5.99. The van der Waals surface area contributed by atoms with Gasteiger partial charge in [0.05, 0.1) is 11.2 Å². The first-order valence-corrected chi connectivity index (χ1v) is 9.94. The normalized spacial score (nSPS) is 14.2. The second kappa shape index (κ2) is 6.81. The van der Waals surface area contributed by atoms with Gasteiger partial charge in [0.15, 0.2) is 0 Å². The number of carbonyl (C=O) groups is 1. The molecule has 140 valence electrons. The van der Waals surface area contributed by atoms with E-state index in [-0.39, 0.29) is 18.0 Å². The van der Waals surface area contributed by atoms with Gasteiger partial charge >= 0.3 is 5.69 Å². The Morgan fingerprint density at radius 1 is 1.11 bits per heavy atom. The first kappa shape index (κ1) is 17.7. The Balaban J connectivity index is 1.91. The number of rotatable bonds is 3. The summed E-state index contributed by atoms with van der Waals surface area (Å²) >= 11 is 1.30. The first-order chi connectivity index (χ1) is 13.0. The van der Waals surface area contributed by atoms with Crippen molar-refractivity contribution in [1.82, 2.24) is 14.0 Å². The first-order valence-electron chi connectivity index (χ1n) is 9.06. The molecule has 1 amide bonds. The van der Waals surface area contributed by atoms with Crippen molar-refractivity contribution in [1.29, 1.82) is 0 Å². The van der Waals surface area contributed by atoms with Gasteiger partial charge in [-0.25, -0.2) is 9.36 Å². The molecule has 4 rings (SSSR count). The highest BCUT2D eigenvalue weighted by Crippen LogP contribution is 2.19. The van der Waals surface area contributed by atoms with Gasteiger partial charge in [-0.3, -0.25) is 14.2 Å². The van der Waals surface area contributed by atoms with E-state index < -0.39 is 5.69 Å². The lowest BCUT2D eigenvalue weighted by molar-refractivity contribution is -0.130. The van der Waals surface area contributed by atoms with Crippen molar-refractivity contribution < 1.29 is 4.79 Å². The van der Waals surface area contributed by atoms with E-state index in [2.05, 4.69) is 0 Å². The number of nitrogens with zero attached hydrogens (tertiary/aromatic N) is 3. The SMILES string of the molecule is Cc1ccc(-n2c(=O)c3sccc3n(CC(=O)N3CCCC3)c2=O)c(C)c1. The zero-order chi connectivity index (χ0) is 19.1. The molecule has 3 heterocycles. The second-order valence-electron chi connectivity index (χ2n) is 7.02. The molecule has 2 aromatic heterocycles. The number of carbonyl (C=O) groups excluding carboxylic acids is 1. The molecule has 0 unspecified atom stereocenters. The maximum Gasteiger partial charge on any atom is 0.336 e. The highest BCUT2D eigenvalue weighted by molar-refractivity contribution is 7.17. The molecule has 1 aromatic carbocycles. The average Bonchev–Trinajstić information content (AvgIpc) is 3.32. The number of aryl methyl sites for hydroxylation is 2. The van der Waals surface area contributed by atoms with E-state index in [0.29, 0.717) is 15.9 Å². The van der Waals surface area contributed by atoms with Gasteiger partial charge in [0.1, 0.15) is 11.2 Å². The van der Waals surface area contributed by atoms with E-state index in [9.17, 15) is 14.4 Å². The van der Waals surface area contributed by atoms with Crippen LogP contribution in [0.2, 0.25) is 0 Å². The minimum Gasteiger partial charge on any atom is -0.341 e. The fraction of sp³-hybridized carbons (Fsp3) is 0.350. The van der Waals surface area contributed by atoms with Gasteiger partial charge in [-0.15, -0.1) is 11.3 Å². The van der Waals surface area contributed by atoms with E-state index in [4.69, 9.17) is 0 Å². The smallest absolute Gasteiger partial charge is 0.336 e. The largest absolute Gasteiger partial charge is 0.341 e. The highest BCUT2D eigenvalue weighted by Gasteiger charge is 2.22. The maximum absolute atomic E-state index is 13.2. The topological polar surface area (TPSA) is 64.3 Å². The van der Waals surface area contributed by atoms with Crippen LogP contribution in [0.1, 0.15) is 24.0 Å². The van der Waals surface area contributed by atoms with Gasteiger partial charge in [-0.1, -0.05) is 17.7 Å². The molecule has 0 radical (unpaired) electrons. The molecule has 0 spiro atoms. The number of hydrogen-bond acceptors (Lipinski definition) is 4. The van der Waals surface area contributed by atoms with E-state index in [1.165, 1.54) is 20.5 Å². The minimum atomic E-state index is -0.467. The number of aromatic nitrogens is 2. The number of hydrogen-bond donors (Lipinski definition) is 0. The van der Waals surface area contributed by atoms with Crippen LogP contribution in [-0.2, 0) is 11.3 Å². The highest BCUT2D eigenvalue weighted by atomic mass is 32.1. The molecule has 0 N–H and O–H groups in total. The number of benzene rings is 1. The molecule has 0 aliphatic carbocycles. The van der Waals surface area contributed by atoms with Gasteiger partial charge in [0.25, 0.3) is 5.56 Å². The lowest BCUT2D eigenvalue weighted by atomic mass is 10.1. The summed E-state index contributed by atoms with van der Waals surface area (Å²) in [5.41, 5.74) is 2.21. The lowest BCUT2D eigenvalue weighted by Crippen LogP contribution is -2.42. The monoisotopic (exact) mass is 383 g/mol. The molecule has 1 fully saturated rings. The quantitative estimate of drug-likeness (QED) is 0.698. The van der Waals surface area contributed by atoms with Crippen LogP contribution < -0.4 is 11.2 Å². The number of likely N-dealkylation sites (tertiary alicyclic amines) is 1. The number of amides is 1. The summed E-state index contributed by atoms with van der Waals surface area (Å²) in [6.45, 7) is 5.27. The summed E-state index contributed by atoms with van der Waals surface area (Å²) in [5, 5.41) is 1.79. The van der Waals surface area contributed by atoms with Crippen LogP contribution in [0.5, 0.6) is 0 Å². The van der Waals surface area contributed by atoms with Crippen molar-refractivity contribution in [2.75, 3.05) is 13.1 Å². The van der Waals surface area contributed by atoms with Gasteiger partial charge in [0.2, 0.25) is 5.91 Å². The third-order valence-electron chi connectivity index (χ3n) is 5.10. The molecule has 27 heavy (non-hydrogen) atoms. The zero-order valence-electron chi connectivity index (χ0n) is 15.4. The van der Waals surface area contributed by atoms with Crippen LogP contribution in [0.4, 0.5) is 0 Å². The van der Waals surface area contributed by atoms with Gasteiger partial charge in [-0.05, 0) is 49.8 Å². The number of thiophene rings is 1. The van der Waals surface area contributed by atoms with Crippen molar-refractivity contribution in [2.45, 2.75) is 33.2 Å². The molecule has 1 aliphatic heterocycles. The lowest BCUT2D eigenvalue weighted by Gasteiger charge is -2.18. The molecular formula is C20H21N3O3S. The van der Waals surface area contributed by atoms with Gasteiger partial charge in [-0.2, -0.15) is 0 Å². The fourth-order valence-electron chi connectivity index (χ4n) is 3.71. The molecule has 7 heteroatoms. The molecule has 6 nitrogen and oxygen atoms in total. The van der Waals surface area contributed by atoms with E-state index in [0.717, 1.165) is 37.1 Å². The van der Waals surface area contributed by atoms with Crippen LogP contribution >= 0.6 is 11.3 Å². The Kier molecular flexibility index (Phi) is 4.47. The summed E-state index contributed by atoms with van der Waals surface area (Å²) in [7, 11) is 0. The standard InChI is InChI=1S/C20H21N3O3S/c1-13-5-6-15(14(2)11-13)23-19(25)18-16(7-10-27-18)22(20(23)26)12-17(24)21-8-3-4-9-21/h5-7,10-11H,3-4,8-9,12H2,1-2H3. The van der Waals surface area contributed by atoms with Crippen molar-refractivity contribution in [3.05, 3.63) is 61.6 Å². The summed E-state index contributed by atoms with van der Waals surface area (Å²) < 4.78 is 3.13. The average molecular weight is 383 g/mol. The Labute approximate surface area is 160 Å². The van der Waals surface area contributed by atoms with Gasteiger partial charge in [0, 0.05) is 13.1 Å². The number of fused-ring (bicyclic) bond motifs is 1. The molecule has 1 saturated heterocycles. The second-order valence-corrected chi connectivity index (χ2v) is 7.94. The summed E-state index contributed by atoms with van der Waals surface area (Å²) in [6.07, 6.45) is 1.99. The van der Waals surface area contributed by atoms with Crippen molar-refractivity contribution in [2.24, 2.45) is 0 Å². The predicted octanol–water partition coefficient (Wildman–Crippen LogP) is 2.45. The molecule has 0 bridgehead atoms. The maximum atomic E-state index is 13.2. The Morgan fingerprint density at radius 3 is 2.56 bits per heavy atom. The van der Waals surface area contributed by atoms with Crippen LogP contribution in [0.25, 0.3) is 15.9 Å². The van der Waals surface area contributed by atoms with Crippen LogP contribution in [0.3, 0.4) is 0 Å². The summed E-state index contributed by atoms with van der Waals surface area (Å²) in [4.78, 5) is 40.7. The molecule has 1 aliphatic rings. The predicted molar refractivity (Wildman–Crippen MR) is 107 cm³/mol. The van der Waals surface area contributed by atoms with Crippen molar-refractivity contribution in [3.8, 4) is 5.69 Å². The third kappa shape index (κ3) is 3.02. The van der Waals surface area contributed by atoms with Crippen LogP contribution in [0.15, 0.2) is 39.2 Å². The van der Waals surface area contributed by atoms with E-state index in [1.807, 2.05) is 26.0 Å². The molecule has 0 atom stereocenters. The molecular weight excluding hydrogens is 362 g/mol. The summed E-state index contributed by atoms with van der Waals surface area (Å²) in [5.74, 6) is -0.0760. The van der Waals surface area contributed by atoms with E-state index in [1.54, 1.807) is 22.4 Å².